The van der Waals surface area contributed by atoms with Crippen molar-refractivity contribution in [2.75, 3.05) is 5.32 Å². The van der Waals surface area contributed by atoms with E-state index in [0.717, 1.165) is 5.82 Å². The van der Waals surface area contributed by atoms with Gasteiger partial charge in [0.25, 0.3) is 0 Å². The van der Waals surface area contributed by atoms with Crippen molar-refractivity contribution in [3.8, 4) is 0 Å². The lowest BCUT2D eigenvalue weighted by Gasteiger charge is -2.11. The number of H-pyrrole nitrogens is 1. The van der Waals surface area contributed by atoms with Crippen LogP contribution in [0.5, 0.6) is 0 Å². The zero-order valence-corrected chi connectivity index (χ0v) is 10.7. The maximum Gasteiger partial charge on any atom is 0.249 e. The van der Waals surface area contributed by atoms with Gasteiger partial charge in [0.2, 0.25) is 11.9 Å². The molecule has 1 atom stereocenters. The SMILES string of the molecule is CC(C)c1nc(NC(=O)C(C)n2cccc2)n[nH]1. The summed E-state index contributed by atoms with van der Waals surface area (Å²) >= 11 is 0. The van der Waals surface area contributed by atoms with Crippen LogP contribution in [0.1, 0.15) is 38.6 Å². The second kappa shape index (κ2) is 5.03. The Morgan fingerprint density at radius 2 is 2.00 bits per heavy atom. The first kappa shape index (κ1) is 12.3. The molecule has 0 spiro atoms. The van der Waals surface area contributed by atoms with Gasteiger partial charge in [-0.2, -0.15) is 4.98 Å². The molecule has 6 nitrogen and oxygen atoms in total. The molecule has 0 saturated heterocycles. The Hall–Kier alpha value is -2.11. The highest BCUT2D eigenvalue weighted by atomic mass is 16.2. The first-order valence-corrected chi connectivity index (χ1v) is 5.93. The molecule has 0 fully saturated rings. The highest BCUT2D eigenvalue weighted by Crippen LogP contribution is 2.12. The van der Waals surface area contributed by atoms with Crippen LogP contribution < -0.4 is 5.32 Å². The van der Waals surface area contributed by atoms with Crippen LogP contribution in [0.2, 0.25) is 0 Å². The summed E-state index contributed by atoms with van der Waals surface area (Å²) in [6.07, 6.45) is 3.70. The number of aromatic amines is 1. The molecule has 96 valence electrons. The topological polar surface area (TPSA) is 75.6 Å². The quantitative estimate of drug-likeness (QED) is 0.866. The van der Waals surface area contributed by atoms with E-state index >= 15 is 0 Å². The number of aromatic nitrogens is 4. The maximum absolute atomic E-state index is 12.0. The summed E-state index contributed by atoms with van der Waals surface area (Å²) in [6.45, 7) is 5.84. The molecule has 0 saturated carbocycles. The van der Waals surface area contributed by atoms with Crippen LogP contribution in [0.15, 0.2) is 24.5 Å². The van der Waals surface area contributed by atoms with Crippen LogP contribution in [-0.4, -0.2) is 25.7 Å². The van der Waals surface area contributed by atoms with Crippen LogP contribution in [0.25, 0.3) is 0 Å². The number of anilines is 1. The fraction of sp³-hybridized carbons (Fsp3) is 0.417. The number of hydrogen-bond donors (Lipinski definition) is 2. The number of carbonyl (C=O) groups excluding carboxylic acids is 1. The van der Waals surface area contributed by atoms with Gasteiger partial charge in [-0.25, -0.2) is 0 Å². The lowest BCUT2D eigenvalue weighted by molar-refractivity contribution is -0.118. The molecule has 1 unspecified atom stereocenters. The summed E-state index contributed by atoms with van der Waals surface area (Å²) in [5.41, 5.74) is 0. The van der Waals surface area contributed by atoms with Gasteiger partial charge in [-0.1, -0.05) is 13.8 Å². The van der Waals surface area contributed by atoms with E-state index in [1.54, 1.807) is 0 Å². The van der Waals surface area contributed by atoms with E-state index in [4.69, 9.17) is 0 Å². The third-order valence-corrected chi connectivity index (χ3v) is 2.74. The minimum Gasteiger partial charge on any atom is -0.342 e. The molecule has 2 heterocycles. The highest BCUT2D eigenvalue weighted by Gasteiger charge is 2.16. The monoisotopic (exact) mass is 247 g/mol. The normalized spacial score (nSPS) is 12.7. The first-order valence-electron chi connectivity index (χ1n) is 5.93. The average Bonchev–Trinajstić information content (AvgIpc) is 2.98. The summed E-state index contributed by atoms with van der Waals surface area (Å²) in [7, 11) is 0. The third-order valence-electron chi connectivity index (χ3n) is 2.74. The van der Waals surface area contributed by atoms with Crippen molar-refractivity contribution in [3.05, 3.63) is 30.4 Å². The van der Waals surface area contributed by atoms with Crippen LogP contribution in [0, 0.1) is 0 Å². The van der Waals surface area contributed by atoms with Gasteiger partial charge in [0.15, 0.2) is 0 Å². The molecule has 0 aliphatic heterocycles. The van der Waals surface area contributed by atoms with Crippen molar-refractivity contribution in [3.63, 3.8) is 0 Å². The van der Waals surface area contributed by atoms with Crippen LogP contribution in [0.4, 0.5) is 5.95 Å². The van der Waals surface area contributed by atoms with Gasteiger partial charge in [-0.15, -0.1) is 5.10 Å². The van der Waals surface area contributed by atoms with Gasteiger partial charge in [-0.3, -0.25) is 15.2 Å². The number of nitrogens with zero attached hydrogens (tertiary/aromatic N) is 3. The maximum atomic E-state index is 12.0. The number of carbonyl (C=O) groups is 1. The van der Waals surface area contributed by atoms with Gasteiger partial charge < -0.3 is 4.57 Å². The Morgan fingerprint density at radius 3 is 2.56 bits per heavy atom. The molecule has 0 bridgehead atoms. The molecule has 1 amide bonds. The van der Waals surface area contributed by atoms with Crippen molar-refractivity contribution in [2.45, 2.75) is 32.7 Å². The molecule has 0 radical (unpaired) electrons. The third kappa shape index (κ3) is 2.58. The van der Waals surface area contributed by atoms with Gasteiger partial charge in [0, 0.05) is 18.3 Å². The van der Waals surface area contributed by atoms with Gasteiger partial charge in [0.05, 0.1) is 0 Å². The van der Waals surface area contributed by atoms with Gasteiger partial charge >= 0.3 is 0 Å². The fourth-order valence-electron chi connectivity index (χ4n) is 1.54. The lowest BCUT2D eigenvalue weighted by atomic mass is 10.2. The molecule has 2 N–H and O–H groups in total. The van der Waals surface area contributed by atoms with Crippen molar-refractivity contribution in [1.29, 1.82) is 0 Å². The molecule has 0 aromatic carbocycles. The molecular formula is C12H17N5O. The predicted octanol–water partition coefficient (Wildman–Crippen LogP) is 1.93. The first-order chi connectivity index (χ1) is 8.58. The fourth-order valence-corrected chi connectivity index (χ4v) is 1.54. The smallest absolute Gasteiger partial charge is 0.249 e. The summed E-state index contributed by atoms with van der Waals surface area (Å²) in [4.78, 5) is 16.2. The standard InChI is InChI=1S/C12H17N5O/c1-8(2)10-13-12(16-15-10)14-11(18)9(3)17-6-4-5-7-17/h4-9H,1-3H3,(H2,13,14,15,16,18). The van der Waals surface area contributed by atoms with E-state index in [0.29, 0.717) is 5.95 Å². The molecular weight excluding hydrogens is 230 g/mol. The minimum absolute atomic E-state index is 0.138. The number of amides is 1. The predicted molar refractivity (Wildman–Crippen MR) is 68.2 cm³/mol. The Labute approximate surface area is 105 Å². The van der Waals surface area contributed by atoms with E-state index in [9.17, 15) is 4.79 Å². The summed E-state index contributed by atoms with van der Waals surface area (Å²) in [5.74, 6) is 1.20. The van der Waals surface area contributed by atoms with E-state index in [-0.39, 0.29) is 17.9 Å². The van der Waals surface area contributed by atoms with Gasteiger partial charge in [-0.05, 0) is 19.1 Å². The zero-order valence-electron chi connectivity index (χ0n) is 10.7. The van der Waals surface area contributed by atoms with Crippen LogP contribution in [-0.2, 0) is 4.79 Å². The summed E-state index contributed by atoms with van der Waals surface area (Å²) in [5, 5.41) is 9.46. The van der Waals surface area contributed by atoms with E-state index in [1.807, 2.05) is 49.9 Å². The van der Waals surface area contributed by atoms with Crippen LogP contribution in [0.3, 0.4) is 0 Å². The Kier molecular flexibility index (Phi) is 3.45. The van der Waals surface area contributed by atoms with E-state index in [2.05, 4.69) is 20.5 Å². The molecule has 2 rings (SSSR count). The molecule has 0 aliphatic carbocycles. The second-order valence-corrected chi connectivity index (χ2v) is 4.49. The Bertz CT molecular complexity index is 514. The van der Waals surface area contributed by atoms with Crippen molar-refractivity contribution in [1.82, 2.24) is 19.7 Å². The van der Waals surface area contributed by atoms with Crippen molar-refractivity contribution in [2.24, 2.45) is 0 Å². The summed E-state index contributed by atoms with van der Waals surface area (Å²) < 4.78 is 1.82. The van der Waals surface area contributed by atoms with Crippen LogP contribution >= 0.6 is 0 Å². The lowest BCUT2D eigenvalue weighted by Crippen LogP contribution is -2.23. The van der Waals surface area contributed by atoms with Gasteiger partial charge in [0.1, 0.15) is 11.9 Å². The van der Waals surface area contributed by atoms with E-state index in [1.165, 1.54) is 0 Å². The van der Waals surface area contributed by atoms with E-state index < -0.39 is 0 Å². The number of hydrogen-bond acceptors (Lipinski definition) is 3. The zero-order chi connectivity index (χ0) is 13.1. The number of rotatable bonds is 4. The molecule has 0 aliphatic rings. The highest BCUT2D eigenvalue weighted by molar-refractivity contribution is 5.91. The molecule has 2 aromatic heterocycles. The Balaban J connectivity index is 2.02. The summed E-state index contributed by atoms with van der Waals surface area (Å²) in [6, 6.07) is 3.47. The Morgan fingerprint density at radius 1 is 1.33 bits per heavy atom. The second-order valence-electron chi connectivity index (χ2n) is 4.49. The number of nitrogens with one attached hydrogen (secondary N) is 2. The molecule has 18 heavy (non-hydrogen) atoms. The largest absolute Gasteiger partial charge is 0.342 e. The average molecular weight is 247 g/mol. The van der Waals surface area contributed by atoms with Crippen molar-refractivity contribution < 1.29 is 4.79 Å². The minimum atomic E-state index is -0.291. The molecule has 2 aromatic rings. The molecule has 6 heteroatoms. The van der Waals surface area contributed by atoms with Crippen molar-refractivity contribution >= 4 is 11.9 Å².